The maximum Gasteiger partial charge on any atom is 0.161 e. The van der Waals surface area contributed by atoms with Crippen LogP contribution in [0.3, 0.4) is 0 Å². The van der Waals surface area contributed by atoms with E-state index in [0.29, 0.717) is 0 Å². The van der Waals surface area contributed by atoms with Crippen LogP contribution in [-0.4, -0.2) is 16.9 Å². The fourth-order valence-electron chi connectivity index (χ4n) is 2.23. The summed E-state index contributed by atoms with van der Waals surface area (Å²) in [5, 5.41) is 4.35. The lowest BCUT2D eigenvalue weighted by Gasteiger charge is -2.18. The van der Waals surface area contributed by atoms with Crippen LogP contribution in [0.15, 0.2) is 22.9 Å². The molecule has 0 aliphatic heterocycles. The van der Waals surface area contributed by atoms with Crippen molar-refractivity contribution in [3.63, 3.8) is 0 Å². The van der Waals surface area contributed by atoms with Crippen LogP contribution in [-0.2, 0) is 6.54 Å². The quantitative estimate of drug-likeness (QED) is 0.614. The lowest BCUT2D eigenvalue weighted by Crippen LogP contribution is -2.31. The largest absolute Gasteiger partial charge is 0.493 e. The Morgan fingerprint density at radius 2 is 2.37 bits per heavy atom. The molecule has 0 fully saturated rings. The molecule has 0 saturated heterocycles. The fraction of sp³-hybridized carbons (Fsp3) is 0.462. The van der Waals surface area contributed by atoms with E-state index in [4.69, 9.17) is 15.0 Å². The summed E-state index contributed by atoms with van der Waals surface area (Å²) < 4.78 is 12.6. The SMILES string of the molecule is CCCn1ncc(OC)c1C(NN)c1ccoc1C. The van der Waals surface area contributed by atoms with Crippen LogP contribution in [0.25, 0.3) is 0 Å². The maximum absolute atomic E-state index is 5.72. The van der Waals surface area contributed by atoms with Crippen molar-refractivity contribution in [1.82, 2.24) is 15.2 Å². The monoisotopic (exact) mass is 264 g/mol. The molecule has 19 heavy (non-hydrogen) atoms. The van der Waals surface area contributed by atoms with Crippen molar-refractivity contribution in [3.05, 3.63) is 35.5 Å². The predicted molar refractivity (Wildman–Crippen MR) is 71.7 cm³/mol. The number of nitrogens with two attached hydrogens (primary N) is 1. The van der Waals surface area contributed by atoms with Crippen LogP contribution in [0.2, 0.25) is 0 Å². The molecule has 0 spiro atoms. The number of furan rings is 1. The van der Waals surface area contributed by atoms with E-state index in [1.54, 1.807) is 19.6 Å². The number of hydrogen-bond acceptors (Lipinski definition) is 5. The summed E-state index contributed by atoms with van der Waals surface area (Å²) in [6.07, 6.45) is 4.35. The number of rotatable bonds is 6. The Bertz CT molecular complexity index is 532. The first-order valence-corrected chi connectivity index (χ1v) is 6.32. The Balaban J connectivity index is 2.48. The Morgan fingerprint density at radius 1 is 1.58 bits per heavy atom. The molecule has 104 valence electrons. The number of hydrogen-bond donors (Lipinski definition) is 2. The van der Waals surface area contributed by atoms with E-state index < -0.39 is 0 Å². The van der Waals surface area contributed by atoms with Crippen LogP contribution in [0.1, 0.15) is 36.4 Å². The van der Waals surface area contributed by atoms with Crippen LogP contribution in [0.4, 0.5) is 0 Å². The second kappa shape index (κ2) is 5.90. The fourth-order valence-corrected chi connectivity index (χ4v) is 2.23. The summed E-state index contributed by atoms with van der Waals surface area (Å²) in [5.74, 6) is 7.27. The first kappa shape index (κ1) is 13.6. The normalized spacial score (nSPS) is 12.6. The summed E-state index contributed by atoms with van der Waals surface area (Å²) in [5.41, 5.74) is 4.72. The van der Waals surface area contributed by atoms with Gasteiger partial charge < -0.3 is 9.15 Å². The molecule has 2 aromatic rings. The predicted octanol–water partition coefficient (Wildman–Crippen LogP) is 1.76. The van der Waals surface area contributed by atoms with E-state index in [2.05, 4.69) is 17.4 Å². The molecule has 0 aliphatic rings. The lowest BCUT2D eigenvalue weighted by molar-refractivity contribution is 0.397. The molecule has 0 saturated carbocycles. The first-order chi connectivity index (χ1) is 9.22. The zero-order chi connectivity index (χ0) is 13.8. The maximum atomic E-state index is 5.72. The number of hydrazine groups is 1. The molecule has 0 aliphatic carbocycles. The molecular weight excluding hydrogens is 244 g/mol. The third-order valence-corrected chi connectivity index (χ3v) is 3.15. The van der Waals surface area contributed by atoms with E-state index >= 15 is 0 Å². The van der Waals surface area contributed by atoms with Gasteiger partial charge in [0.15, 0.2) is 5.75 Å². The van der Waals surface area contributed by atoms with Crippen molar-refractivity contribution >= 4 is 0 Å². The molecule has 0 amide bonds. The molecule has 2 rings (SSSR count). The summed E-state index contributed by atoms with van der Waals surface area (Å²) in [6, 6.07) is 1.70. The molecule has 2 aromatic heterocycles. The summed E-state index contributed by atoms with van der Waals surface area (Å²) in [6.45, 7) is 4.83. The van der Waals surface area contributed by atoms with Gasteiger partial charge in [-0.2, -0.15) is 5.10 Å². The van der Waals surface area contributed by atoms with Gasteiger partial charge in [0, 0.05) is 12.1 Å². The number of nitrogens with one attached hydrogen (secondary N) is 1. The molecule has 0 bridgehead atoms. The molecule has 1 atom stereocenters. The van der Waals surface area contributed by atoms with Gasteiger partial charge in [-0.05, 0) is 19.4 Å². The third kappa shape index (κ3) is 2.50. The molecule has 0 radical (unpaired) electrons. The lowest BCUT2D eigenvalue weighted by atomic mass is 10.0. The first-order valence-electron chi connectivity index (χ1n) is 6.32. The van der Waals surface area contributed by atoms with E-state index in [9.17, 15) is 0 Å². The van der Waals surface area contributed by atoms with Crippen LogP contribution >= 0.6 is 0 Å². The average molecular weight is 264 g/mol. The minimum Gasteiger partial charge on any atom is -0.493 e. The molecule has 0 aromatic carbocycles. The van der Waals surface area contributed by atoms with E-state index in [-0.39, 0.29) is 6.04 Å². The van der Waals surface area contributed by atoms with Crippen LogP contribution in [0.5, 0.6) is 5.75 Å². The van der Waals surface area contributed by atoms with Gasteiger partial charge in [-0.15, -0.1) is 0 Å². The average Bonchev–Trinajstić information content (AvgIpc) is 3.00. The van der Waals surface area contributed by atoms with Crippen molar-refractivity contribution in [2.75, 3.05) is 7.11 Å². The Hall–Kier alpha value is -1.79. The highest BCUT2D eigenvalue weighted by molar-refractivity contribution is 5.37. The second-order valence-electron chi connectivity index (χ2n) is 4.35. The number of methoxy groups -OCH3 is 1. The molecule has 6 heteroatoms. The summed E-state index contributed by atoms with van der Waals surface area (Å²) >= 11 is 0. The van der Waals surface area contributed by atoms with Gasteiger partial charge in [-0.3, -0.25) is 10.5 Å². The van der Waals surface area contributed by atoms with Gasteiger partial charge in [-0.25, -0.2) is 5.43 Å². The number of aromatic nitrogens is 2. The van der Waals surface area contributed by atoms with Crippen molar-refractivity contribution in [1.29, 1.82) is 0 Å². The van der Waals surface area contributed by atoms with Crippen LogP contribution < -0.4 is 16.0 Å². The highest BCUT2D eigenvalue weighted by Gasteiger charge is 2.24. The Morgan fingerprint density at radius 3 is 2.89 bits per heavy atom. The third-order valence-electron chi connectivity index (χ3n) is 3.15. The highest BCUT2D eigenvalue weighted by atomic mass is 16.5. The molecule has 6 nitrogen and oxygen atoms in total. The molecule has 1 unspecified atom stereocenters. The van der Waals surface area contributed by atoms with Gasteiger partial charge in [0.1, 0.15) is 11.5 Å². The topological polar surface area (TPSA) is 78.2 Å². The standard InChI is InChI=1S/C13H20N4O2/c1-4-6-17-13(11(18-3)8-15-17)12(16-14)10-5-7-19-9(10)2/h5,7-8,12,16H,4,6,14H2,1-3H3. The summed E-state index contributed by atoms with van der Waals surface area (Å²) in [4.78, 5) is 0. The molecule has 3 N–H and O–H groups in total. The van der Waals surface area contributed by atoms with Crippen molar-refractivity contribution in [3.8, 4) is 5.75 Å². The summed E-state index contributed by atoms with van der Waals surface area (Å²) in [7, 11) is 1.63. The van der Waals surface area contributed by atoms with E-state index in [1.807, 2.05) is 17.7 Å². The Kier molecular flexibility index (Phi) is 4.24. The smallest absolute Gasteiger partial charge is 0.161 e. The van der Waals surface area contributed by atoms with Crippen LogP contribution in [0, 0.1) is 6.92 Å². The molecular formula is C13H20N4O2. The second-order valence-corrected chi connectivity index (χ2v) is 4.35. The minimum absolute atomic E-state index is 0.206. The Labute approximate surface area is 112 Å². The van der Waals surface area contributed by atoms with Gasteiger partial charge in [0.2, 0.25) is 0 Å². The van der Waals surface area contributed by atoms with Gasteiger partial charge >= 0.3 is 0 Å². The molecule has 2 heterocycles. The number of ether oxygens (including phenoxy) is 1. The van der Waals surface area contributed by atoms with Gasteiger partial charge in [-0.1, -0.05) is 6.92 Å². The van der Waals surface area contributed by atoms with Crippen molar-refractivity contribution in [2.45, 2.75) is 32.9 Å². The van der Waals surface area contributed by atoms with E-state index in [1.165, 1.54) is 0 Å². The van der Waals surface area contributed by atoms with Gasteiger partial charge in [0.05, 0.1) is 25.6 Å². The highest BCUT2D eigenvalue weighted by Crippen LogP contribution is 2.31. The number of nitrogens with zero attached hydrogens (tertiary/aromatic N) is 2. The number of aryl methyl sites for hydroxylation is 2. The van der Waals surface area contributed by atoms with Gasteiger partial charge in [0.25, 0.3) is 0 Å². The minimum atomic E-state index is -0.206. The zero-order valence-corrected chi connectivity index (χ0v) is 11.5. The zero-order valence-electron chi connectivity index (χ0n) is 11.5. The van der Waals surface area contributed by atoms with E-state index in [0.717, 1.165) is 35.7 Å². The van der Waals surface area contributed by atoms with Crippen molar-refractivity contribution < 1.29 is 9.15 Å². The van der Waals surface area contributed by atoms with Crippen molar-refractivity contribution in [2.24, 2.45) is 5.84 Å².